The van der Waals surface area contributed by atoms with Crippen molar-refractivity contribution in [2.24, 2.45) is 0 Å². The number of Topliss-reactive ketones (excluding diaryl/α,β-unsaturated/α-hetero) is 2. The maximum absolute atomic E-state index is 12.4. The number of nitrogens with one attached hydrogen (secondary N) is 1. The van der Waals surface area contributed by atoms with Crippen LogP contribution in [0.4, 0.5) is 0 Å². The molecule has 6 heteroatoms. The lowest BCUT2D eigenvalue weighted by atomic mass is 9.85. The van der Waals surface area contributed by atoms with Crippen molar-refractivity contribution in [1.82, 2.24) is 10.3 Å². The van der Waals surface area contributed by atoms with Gasteiger partial charge in [0.05, 0.1) is 0 Å². The second kappa shape index (κ2) is 6.55. The summed E-state index contributed by atoms with van der Waals surface area (Å²) in [6.07, 6.45) is 0.00214. The summed E-state index contributed by atoms with van der Waals surface area (Å²) >= 11 is 0. The Morgan fingerprint density at radius 1 is 1.04 bits per heavy atom. The molecule has 1 saturated carbocycles. The van der Waals surface area contributed by atoms with E-state index < -0.39 is 17.6 Å². The number of amides is 1. The number of pyridine rings is 1. The molecule has 1 fully saturated rings. The van der Waals surface area contributed by atoms with Crippen LogP contribution in [-0.2, 0) is 14.4 Å². The van der Waals surface area contributed by atoms with Gasteiger partial charge in [-0.25, -0.2) is 0 Å². The van der Waals surface area contributed by atoms with Crippen LogP contribution in [0.2, 0.25) is 0 Å². The number of aryl methyl sites for hydroxylation is 2. The summed E-state index contributed by atoms with van der Waals surface area (Å²) < 4.78 is 0. The van der Waals surface area contributed by atoms with Gasteiger partial charge in [-0.2, -0.15) is 0 Å². The van der Waals surface area contributed by atoms with Crippen LogP contribution in [0.5, 0.6) is 0 Å². The molecule has 24 heavy (non-hydrogen) atoms. The highest BCUT2D eigenvalue weighted by Gasteiger charge is 2.34. The van der Waals surface area contributed by atoms with Crippen molar-refractivity contribution in [3.63, 3.8) is 0 Å². The fourth-order valence-electron chi connectivity index (χ4n) is 3.13. The molecule has 0 aliphatic heterocycles. The Hall–Kier alpha value is -2.50. The number of ketones is 2. The Labute approximate surface area is 141 Å². The first-order chi connectivity index (χ1) is 11.1. The van der Waals surface area contributed by atoms with Gasteiger partial charge in [-0.15, -0.1) is 0 Å². The zero-order valence-electron chi connectivity index (χ0n) is 14.6. The maximum Gasteiger partial charge on any atom is 0.217 e. The van der Waals surface area contributed by atoms with E-state index in [2.05, 4.69) is 10.3 Å². The number of carbonyl (C=O) groups is 3. The van der Waals surface area contributed by atoms with E-state index in [1.54, 1.807) is 6.92 Å². The normalized spacial score (nSPS) is 17.9. The van der Waals surface area contributed by atoms with Gasteiger partial charge in [0.25, 0.3) is 0 Å². The molecule has 0 bridgehead atoms. The van der Waals surface area contributed by atoms with Crippen molar-refractivity contribution in [2.75, 3.05) is 0 Å². The molecular weight excluding hydrogens is 308 g/mol. The fraction of sp³-hybridized carbons (Fsp3) is 0.444. The molecule has 2 N–H and O–H groups in total. The van der Waals surface area contributed by atoms with E-state index in [0.29, 0.717) is 11.3 Å². The van der Waals surface area contributed by atoms with Crippen LogP contribution in [0.1, 0.15) is 47.8 Å². The third kappa shape index (κ3) is 3.22. The fourth-order valence-corrected chi connectivity index (χ4v) is 3.13. The highest BCUT2D eigenvalue weighted by molar-refractivity contribution is 6.26. The van der Waals surface area contributed by atoms with Gasteiger partial charge in [-0.05, 0) is 38.8 Å². The third-order valence-electron chi connectivity index (χ3n) is 4.48. The molecule has 1 aliphatic rings. The van der Waals surface area contributed by atoms with Crippen LogP contribution < -0.4 is 5.32 Å². The van der Waals surface area contributed by atoms with E-state index in [-0.39, 0.29) is 30.1 Å². The van der Waals surface area contributed by atoms with Gasteiger partial charge < -0.3 is 10.4 Å². The average Bonchev–Trinajstić information content (AvgIpc) is 2.43. The summed E-state index contributed by atoms with van der Waals surface area (Å²) in [5.41, 5.74) is 3.38. The summed E-state index contributed by atoms with van der Waals surface area (Å²) in [5, 5.41) is 13.2. The van der Waals surface area contributed by atoms with Crippen LogP contribution >= 0.6 is 0 Å². The number of allylic oxidation sites excluding steroid dienone is 1. The van der Waals surface area contributed by atoms with E-state index in [1.165, 1.54) is 6.92 Å². The van der Waals surface area contributed by atoms with E-state index >= 15 is 0 Å². The van der Waals surface area contributed by atoms with Crippen LogP contribution in [0.3, 0.4) is 0 Å². The lowest BCUT2D eigenvalue weighted by Gasteiger charge is -2.24. The first-order valence-corrected chi connectivity index (χ1v) is 7.85. The number of carbonyl (C=O) groups excluding carboxylic acids is 3. The van der Waals surface area contributed by atoms with Gasteiger partial charge in [0.15, 0.2) is 11.6 Å². The smallest absolute Gasteiger partial charge is 0.217 e. The molecule has 1 amide bonds. The van der Waals surface area contributed by atoms with E-state index in [0.717, 1.165) is 16.8 Å². The summed E-state index contributed by atoms with van der Waals surface area (Å²) in [5.74, 6) is -1.52. The van der Waals surface area contributed by atoms with E-state index in [1.807, 2.05) is 20.8 Å². The van der Waals surface area contributed by atoms with E-state index in [4.69, 9.17) is 0 Å². The highest BCUT2D eigenvalue weighted by atomic mass is 16.3. The van der Waals surface area contributed by atoms with Crippen molar-refractivity contribution in [1.29, 1.82) is 0 Å². The number of hydrogen-bond acceptors (Lipinski definition) is 5. The molecule has 6 nitrogen and oxygen atoms in total. The quantitative estimate of drug-likeness (QED) is 0.491. The van der Waals surface area contributed by atoms with Crippen molar-refractivity contribution in [2.45, 2.75) is 53.5 Å². The lowest BCUT2D eigenvalue weighted by Crippen LogP contribution is -2.41. The van der Waals surface area contributed by atoms with E-state index in [9.17, 15) is 19.5 Å². The number of aromatic nitrogens is 1. The Balaban J connectivity index is 2.50. The zero-order chi connectivity index (χ0) is 18.2. The van der Waals surface area contributed by atoms with Crippen molar-refractivity contribution in [3.05, 3.63) is 33.7 Å². The van der Waals surface area contributed by atoms with Gasteiger partial charge in [0, 0.05) is 42.8 Å². The van der Waals surface area contributed by atoms with Crippen LogP contribution in [0.15, 0.2) is 5.57 Å². The molecule has 128 valence electrons. The lowest BCUT2D eigenvalue weighted by molar-refractivity contribution is -0.125. The predicted molar refractivity (Wildman–Crippen MR) is 89.6 cm³/mol. The summed E-state index contributed by atoms with van der Waals surface area (Å²) in [4.78, 5) is 40.2. The average molecular weight is 330 g/mol. The Morgan fingerprint density at radius 2 is 1.58 bits per heavy atom. The number of aliphatic hydroxyl groups excluding tert-OH is 1. The molecule has 0 atom stereocenters. The Kier molecular flexibility index (Phi) is 4.87. The summed E-state index contributed by atoms with van der Waals surface area (Å²) in [6.45, 7) is 8.67. The minimum Gasteiger partial charge on any atom is -0.506 e. The topological polar surface area (TPSA) is 96.4 Å². The van der Waals surface area contributed by atoms with Crippen LogP contribution in [0, 0.1) is 27.7 Å². The molecule has 0 spiro atoms. The molecule has 0 saturated heterocycles. The molecule has 0 unspecified atom stereocenters. The first kappa shape index (κ1) is 17.8. The number of hydrogen-bond donors (Lipinski definition) is 2. The van der Waals surface area contributed by atoms with Crippen molar-refractivity contribution in [3.8, 4) is 0 Å². The van der Waals surface area contributed by atoms with Gasteiger partial charge in [-0.1, -0.05) is 0 Å². The second-order valence-corrected chi connectivity index (χ2v) is 6.28. The summed E-state index contributed by atoms with van der Waals surface area (Å²) in [6, 6.07) is -0.515. The minimum atomic E-state index is -0.515. The van der Waals surface area contributed by atoms with Crippen molar-refractivity contribution < 1.29 is 19.5 Å². The maximum atomic E-state index is 12.4. The predicted octanol–water partition coefficient (Wildman–Crippen LogP) is 2.02. The van der Waals surface area contributed by atoms with Crippen molar-refractivity contribution >= 4 is 23.2 Å². The molecular formula is C18H22N2O4. The molecule has 1 heterocycles. The molecule has 2 rings (SSSR count). The number of rotatable bonds is 2. The first-order valence-electron chi connectivity index (χ1n) is 7.85. The summed E-state index contributed by atoms with van der Waals surface area (Å²) in [7, 11) is 0. The molecule has 1 aliphatic carbocycles. The molecule has 0 radical (unpaired) electrons. The highest BCUT2D eigenvalue weighted by Crippen LogP contribution is 2.30. The van der Waals surface area contributed by atoms with Gasteiger partial charge in [0.2, 0.25) is 5.91 Å². The molecule has 0 aromatic carbocycles. The monoisotopic (exact) mass is 330 g/mol. The molecule has 1 aromatic heterocycles. The largest absolute Gasteiger partial charge is 0.506 e. The zero-order valence-corrected chi connectivity index (χ0v) is 14.6. The Bertz CT molecular complexity index is 758. The third-order valence-corrected chi connectivity index (χ3v) is 4.48. The van der Waals surface area contributed by atoms with Crippen LogP contribution in [-0.4, -0.2) is 33.6 Å². The number of aliphatic hydroxyl groups is 1. The Morgan fingerprint density at radius 3 is 2.08 bits per heavy atom. The minimum absolute atomic E-state index is 0.00107. The SMILES string of the molecule is CC(=O)NC1CC(=O)C(=C(O)c2c(C)nc(C)c(C)c2C)C(=O)C1. The van der Waals surface area contributed by atoms with Gasteiger partial charge in [0.1, 0.15) is 11.3 Å². The van der Waals surface area contributed by atoms with Gasteiger partial charge >= 0.3 is 0 Å². The number of nitrogens with zero attached hydrogens (tertiary/aromatic N) is 1. The standard InChI is InChI=1S/C18H22N2O4/c1-8-9(2)16(11(4)19-10(8)3)18(24)17-14(22)6-13(7-15(17)23)20-12(5)21/h13,24H,6-7H2,1-5H3,(H,20,21). The molecule has 1 aromatic rings. The second-order valence-electron chi connectivity index (χ2n) is 6.28. The van der Waals surface area contributed by atoms with Crippen LogP contribution in [0.25, 0.3) is 5.76 Å². The van der Waals surface area contributed by atoms with Gasteiger partial charge in [-0.3, -0.25) is 19.4 Å².